The van der Waals surface area contributed by atoms with Crippen molar-refractivity contribution in [1.82, 2.24) is 10.6 Å². The van der Waals surface area contributed by atoms with Crippen molar-refractivity contribution in [1.29, 1.82) is 0 Å². The predicted molar refractivity (Wildman–Crippen MR) is 106 cm³/mol. The van der Waals surface area contributed by atoms with Crippen LogP contribution in [-0.4, -0.2) is 19.8 Å². The number of hydrogen-bond acceptors (Lipinski definition) is 2. The van der Waals surface area contributed by atoms with E-state index in [0.717, 1.165) is 0 Å². The van der Waals surface area contributed by atoms with Crippen LogP contribution in [0, 0.1) is 0 Å². The molecule has 0 fully saturated rings. The van der Waals surface area contributed by atoms with E-state index in [2.05, 4.69) is 109 Å². The van der Waals surface area contributed by atoms with Crippen LogP contribution < -0.4 is 10.6 Å². The van der Waals surface area contributed by atoms with E-state index in [-0.39, 0.29) is 5.41 Å². The Balaban J connectivity index is 2.45. The maximum atomic E-state index is 3.55. The van der Waals surface area contributed by atoms with Gasteiger partial charge >= 0.3 is 0 Å². The smallest absolute Gasteiger partial charge is 0.0836 e. The van der Waals surface area contributed by atoms with E-state index in [9.17, 15) is 0 Å². The predicted octanol–water partition coefficient (Wildman–Crippen LogP) is 4.18. The third kappa shape index (κ3) is 2.78. The number of rotatable bonds is 6. The van der Waals surface area contributed by atoms with Crippen LogP contribution in [-0.2, 0) is 5.41 Å². The molecule has 0 amide bonds. The monoisotopic (exact) mass is 330 g/mol. The van der Waals surface area contributed by atoms with Gasteiger partial charge in [-0.1, -0.05) is 91.0 Å². The van der Waals surface area contributed by atoms with E-state index >= 15 is 0 Å². The molecule has 0 spiro atoms. The van der Waals surface area contributed by atoms with E-state index in [0.29, 0.717) is 0 Å². The molecule has 0 bridgehead atoms. The standard InChI is InChI=1S/C23H26N2/c1-22(24-2,25-3)23(19-13-7-4-8-14-19,20-15-9-5-10-16-20)21-17-11-6-12-18-21/h4-18,24-25H,1-3H3. The molecule has 128 valence electrons. The molecule has 0 aromatic heterocycles. The van der Waals surface area contributed by atoms with Crippen LogP contribution in [0.15, 0.2) is 91.0 Å². The van der Waals surface area contributed by atoms with Crippen molar-refractivity contribution < 1.29 is 0 Å². The molecular weight excluding hydrogens is 304 g/mol. The summed E-state index contributed by atoms with van der Waals surface area (Å²) >= 11 is 0. The first kappa shape index (κ1) is 17.4. The van der Waals surface area contributed by atoms with Gasteiger partial charge in [0.25, 0.3) is 0 Å². The summed E-state index contributed by atoms with van der Waals surface area (Å²) < 4.78 is 0. The van der Waals surface area contributed by atoms with E-state index in [1.165, 1.54) is 16.7 Å². The lowest BCUT2D eigenvalue weighted by Gasteiger charge is -2.50. The first-order chi connectivity index (χ1) is 12.2. The Kier molecular flexibility index (Phi) is 5.03. The fourth-order valence-electron chi connectivity index (χ4n) is 3.93. The van der Waals surface area contributed by atoms with E-state index in [1.54, 1.807) is 0 Å². The molecule has 25 heavy (non-hydrogen) atoms. The van der Waals surface area contributed by atoms with Crippen molar-refractivity contribution in [2.24, 2.45) is 0 Å². The molecule has 3 aromatic carbocycles. The number of nitrogens with one attached hydrogen (secondary N) is 2. The van der Waals surface area contributed by atoms with Gasteiger partial charge in [-0.05, 0) is 37.7 Å². The topological polar surface area (TPSA) is 24.1 Å². The van der Waals surface area contributed by atoms with Crippen molar-refractivity contribution in [2.45, 2.75) is 18.0 Å². The van der Waals surface area contributed by atoms with Gasteiger partial charge in [-0.3, -0.25) is 0 Å². The van der Waals surface area contributed by atoms with Crippen molar-refractivity contribution in [3.05, 3.63) is 108 Å². The lowest BCUT2D eigenvalue weighted by Crippen LogP contribution is -2.66. The van der Waals surface area contributed by atoms with Crippen molar-refractivity contribution in [3.8, 4) is 0 Å². The summed E-state index contributed by atoms with van der Waals surface area (Å²) in [5.74, 6) is 0. The van der Waals surface area contributed by atoms with Crippen LogP contribution in [0.5, 0.6) is 0 Å². The number of benzene rings is 3. The highest BCUT2D eigenvalue weighted by Crippen LogP contribution is 2.46. The molecule has 0 heterocycles. The fourth-order valence-corrected chi connectivity index (χ4v) is 3.93. The minimum atomic E-state index is -0.392. The summed E-state index contributed by atoms with van der Waals surface area (Å²) in [6.07, 6.45) is 0. The van der Waals surface area contributed by atoms with Crippen LogP contribution in [0.25, 0.3) is 0 Å². The molecule has 0 unspecified atom stereocenters. The lowest BCUT2D eigenvalue weighted by molar-refractivity contribution is 0.227. The summed E-state index contributed by atoms with van der Waals surface area (Å²) in [5.41, 5.74) is 2.97. The minimum Gasteiger partial charge on any atom is -0.301 e. The summed E-state index contributed by atoms with van der Waals surface area (Å²) in [7, 11) is 4.03. The highest BCUT2D eigenvalue weighted by Gasteiger charge is 2.50. The number of hydrogen-bond donors (Lipinski definition) is 2. The van der Waals surface area contributed by atoms with Crippen LogP contribution in [0.1, 0.15) is 23.6 Å². The van der Waals surface area contributed by atoms with Gasteiger partial charge in [-0.2, -0.15) is 0 Å². The SMILES string of the molecule is CNC(C)(NC)C(c1ccccc1)(c1ccccc1)c1ccccc1. The third-order valence-corrected chi connectivity index (χ3v) is 5.37. The first-order valence-corrected chi connectivity index (χ1v) is 8.73. The van der Waals surface area contributed by atoms with Crippen LogP contribution in [0.4, 0.5) is 0 Å². The molecule has 0 saturated heterocycles. The molecule has 0 aliphatic rings. The number of likely N-dealkylation sites (N-methyl/N-ethyl adjacent to an activating group) is 2. The van der Waals surface area contributed by atoms with Gasteiger partial charge < -0.3 is 10.6 Å². The summed E-state index contributed by atoms with van der Waals surface area (Å²) in [4.78, 5) is 0. The van der Waals surface area contributed by atoms with Crippen LogP contribution >= 0.6 is 0 Å². The van der Waals surface area contributed by atoms with Gasteiger partial charge in [0.15, 0.2) is 0 Å². The second-order valence-electron chi connectivity index (χ2n) is 6.47. The molecule has 0 radical (unpaired) electrons. The summed E-state index contributed by atoms with van der Waals surface area (Å²) in [6.45, 7) is 2.22. The molecule has 2 N–H and O–H groups in total. The molecule has 2 nitrogen and oxygen atoms in total. The molecule has 0 saturated carbocycles. The summed E-state index contributed by atoms with van der Waals surface area (Å²) in [6, 6.07) is 32.2. The third-order valence-electron chi connectivity index (χ3n) is 5.37. The Bertz CT molecular complexity index is 681. The Morgan fingerprint density at radius 3 is 1.04 bits per heavy atom. The first-order valence-electron chi connectivity index (χ1n) is 8.73. The maximum Gasteiger partial charge on any atom is 0.0836 e. The normalized spacial score (nSPS) is 12.1. The zero-order chi connectivity index (χ0) is 17.8. The van der Waals surface area contributed by atoms with E-state index < -0.39 is 5.66 Å². The van der Waals surface area contributed by atoms with Crippen molar-refractivity contribution in [3.63, 3.8) is 0 Å². The van der Waals surface area contributed by atoms with Crippen molar-refractivity contribution >= 4 is 0 Å². The molecular formula is C23H26N2. The molecule has 2 heteroatoms. The molecule has 0 aliphatic heterocycles. The maximum absolute atomic E-state index is 3.55. The Morgan fingerprint density at radius 1 is 0.520 bits per heavy atom. The fraction of sp³-hybridized carbons (Fsp3) is 0.217. The van der Waals surface area contributed by atoms with Gasteiger partial charge in [0.1, 0.15) is 0 Å². The Hall–Kier alpha value is -2.42. The van der Waals surface area contributed by atoms with Gasteiger partial charge in [-0.25, -0.2) is 0 Å². The molecule has 0 atom stereocenters. The van der Waals surface area contributed by atoms with E-state index in [4.69, 9.17) is 0 Å². The van der Waals surface area contributed by atoms with Crippen molar-refractivity contribution in [2.75, 3.05) is 14.1 Å². The largest absolute Gasteiger partial charge is 0.301 e. The van der Waals surface area contributed by atoms with Crippen LogP contribution in [0.2, 0.25) is 0 Å². The highest BCUT2D eigenvalue weighted by atomic mass is 15.2. The van der Waals surface area contributed by atoms with Crippen LogP contribution in [0.3, 0.4) is 0 Å². The lowest BCUT2D eigenvalue weighted by atomic mass is 9.61. The Morgan fingerprint density at radius 2 is 0.800 bits per heavy atom. The van der Waals surface area contributed by atoms with Gasteiger partial charge in [0, 0.05) is 0 Å². The molecule has 0 aliphatic carbocycles. The van der Waals surface area contributed by atoms with Gasteiger partial charge in [0.05, 0.1) is 11.1 Å². The quantitative estimate of drug-likeness (QED) is 0.523. The zero-order valence-corrected chi connectivity index (χ0v) is 15.2. The second-order valence-corrected chi connectivity index (χ2v) is 6.47. The minimum absolute atomic E-state index is 0.389. The zero-order valence-electron chi connectivity index (χ0n) is 15.2. The van der Waals surface area contributed by atoms with Gasteiger partial charge in [0.2, 0.25) is 0 Å². The molecule has 3 rings (SSSR count). The Labute approximate surface area is 150 Å². The average molecular weight is 330 g/mol. The average Bonchev–Trinajstić information content (AvgIpc) is 2.71. The summed E-state index contributed by atoms with van der Waals surface area (Å²) in [5, 5.41) is 7.11. The van der Waals surface area contributed by atoms with Gasteiger partial charge in [-0.15, -0.1) is 0 Å². The highest BCUT2D eigenvalue weighted by molar-refractivity contribution is 5.54. The molecule has 3 aromatic rings. The second kappa shape index (κ2) is 7.22. The van der Waals surface area contributed by atoms with E-state index in [1.807, 2.05) is 14.1 Å².